The molecule has 20 heavy (non-hydrogen) atoms. The van der Waals surface area contributed by atoms with Crippen LogP contribution in [0.25, 0.3) is 0 Å². The highest BCUT2D eigenvalue weighted by atomic mass is 15.3. The van der Waals surface area contributed by atoms with E-state index in [1.165, 1.54) is 31.6 Å². The van der Waals surface area contributed by atoms with E-state index in [1.807, 2.05) is 0 Å². The number of rotatable bonds is 7. The second-order valence-corrected chi connectivity index (χ2v) is 6.03. The molecule has 1 aromatic heterocycles. The molecule has 1 N–H and O–H groups in total. The first-order valence-electron chi connectivity index (χ1n) is 8.17. The average Bonchev–Trinajstić information content (AvgIpc) is 2.91. The molecule has 1 aliphatic heterocycles. The summed E-state index contributed by atoms with van der Waals surface area (Å²) in [6, 6.07) is 2.75. The molecule has 4 heteroatoms. The zero-order valence-corrected chi connectivity index (χ0v) is 13.3. The summed E-state index contributed by atoms with van der Waals surface area (Å²) in [5, 5.41) is 8.06. The topological polar surface area (TPSA) is 33.1 Å². The first-order chi connectivity index (χ1) is 9.76. The number of nitrogens with one attached hydrogen (secondary N) is 1. The highest BCUT2D eigenvalue weighted by Gasteiger charge is 2.19. The first-order valence-corrected chi connectivity index (χ1v) is 8.17. The van der Waals surface area contributed by atoms with E-state index in [1.54, 1.807) is 0 Å². The summed E-state index contributed by atoms with van der Waals surface area (Å²) in [6.07, 6.45) is 7.10. The van der Waals surface area contributed by atoms with Crippen molar-refractivity contribution in [3.63, 3.8) is 0 Å². The van der Waals surface area contributed by atoms with Crippen LogP contribution in [0.1, 0.15) is 51.3 Å². The summed E-state index contributed by atoms with van der Waals surface area (Å²) < 4.78 is 2.16. The van der Waals surface area contributed by atoms with Crippen molar-refractivity contribution in [1.29, 1.82) is 0 Å². The van der Waals surface area contributed by atoms with Gasteiger partial charge in [-0.05, 0) is 64.3 Å². The Morgan fingerprint density at radius 2 is 2.00 bits per heavy atom. The fourth-order valence-electron chi connectivity index (χ4n) is 3.19. The number of likely N-dealkylation sites (tertiary alicyclic amines) is 1. The van der Waals surface area contributed by atoms with Crippen molar-refractivity contribution >= 4 is 0 Å². The molecule has 2 heterocycles. The van der Waals surface area contributed by atoms with E-state index >= 15 is 0 Å². The van der Waals surface area contributed by atoms with Crippen LogP contribution < -0.4 is 5.32 Å². The molecule has 1 fully saturated rings. The third-order valence-corrected chi connectivity index (χ3v) is 4.57. The number of aromatic nitrogens is 2. The molecule has 0 saturated carbocycles. The summed E-state index contributed by atoms with van der Waals surface area (Å²) in [4.78, 5) is 2.55. The lowest BCUT2D eigenvalue weighted by Crippen LogP contribution is -2.36. The van der Waals surface area contributed by atoms with Crippen LogP contribution in [0.5, 0.6) is 0 Å². The van der Waals surface area contributed by atoms with Crippen molar-refractivity contribution in [3.8, 4) is 0 Å². The number of hydrogen-bond donors (Lipinski definition) is 1. The Hall–Kier alpha value is -0.870. The summed E-state index contributed by atoms with van der Waals surface area (Å²) >= 11 is 0. The SMILES string of the molecule is CCC(CC)n1ccc(CN2CCC(CNC)CC2)n1. The Labute approximate surface area is 123 Å². The van der Waals surface area contributed by atoms with Crippen LogP contribution in [0.2, 0.25) is 0 Å². The fraction of sp³-hybridized carbons (Fsp3) is 0.812. The van der Waals surface area contributed by atoms with Crippen molar-refractivity contribution < 1.29 is 0 Å². The quantitative estimate of drug-likeness (QED) is 0.832. The summed E-state index contributed by atoms with van der Waals surface area (Å²) in [5.74, 6) is 0.860. The molecule has 1 saturated heterocycles. The van der Waals surface area contributed by atoms with Gasteiger partial charge in [0.2, 0.25) is 0 Å². The molecule has 0 radical (unpaired) electrons. The maximum atomic E-state index is 4.76. The zero-order chi connectivity index (χ0) is 14.4. The van der Waals surface area contributed by atoms with E-state index in [2.05, 4.69) is 48.1 Å². The molecular weight excluding hydrogens is 248 g/mol. The normalized spacial score (nSPS) is 18.0. The van der Waals surface area contributed by atoms with Gasteiger partial charge in [-0.25, -0.2) is 0 Å². The molecule has 1 aromatic rings. The number of nitrogens with zero attached hydrogens (tertiary/aromatic N) is 3. The van der Waals surface area contributed by atoms with Gasteiger partial charge >= 0.3 is 0 Å². The predicted molar refractivity (Wildman–Crippen MR) is 83.8 cm³/mol. The van der Waals surface area contributed by atoms with Crippen LogP contribution in [-0.4, -0.2) is 41.4 Å². The maximum absolute atomic E-state index is 4.76. The highest BCUT2D eigenvalue weighted by molar-refractivity contribution is 5.00. The van der Waals surface area contributed by atoms with E-state index in [0.717, 1.165) is 31.8 Å². The summed E-state index contributed by atoms with van der Waals surface area (Å²) in [5.41, 5.74) is 1.23. The minimum atomic E-state index is 0.560. The van der Waals surface area contributed by atoms with Crippen molar-refractivity contribution in [2.75, 3.05) is 26.7 Å². The van der Waals surface area contributed by atoms with Crippen molar-refractivity contribution in [2.24, 2.45) is 5.92 Å². The number of hydrogen-bond acceptors (Lipinski definition) is 3. The zero-order valence-electron chi connectivity index (χ0n) is 13.3. The standard InChI is InChI=1S/C16H30N4/c1-4-16(5-2)20-11-8-15(18-20)13-19-9-6-14(7-10-19)12-17-3/h8,11,14,16-17H,4-7,9-10,12-13H2,1-3H3. The molecule has 0 unspecified atom stereocenters. The first kappa shape index (κ1) is 15.5. The Balaban J connectivity index is 1.82. The van der Waals surface area contributed by atoms with Crippen molar-refractivity contribution in [3.05, 3.63) is 18.0 Å². The van der Waals surface area contributed by atoms with Crippen LogP contribution in [0.4, 0.5) is 0 Å². The second-order valence-electron chi connectivity index (χ2n) is 6.03. The molecule has 4 nitrogen and oxygen atoms in total. The van der Waals surface area contributed by atoms with Gasteiger partial charge in [0.25, 0.3) is 0 Å². The van der Waals surface area contributed by atoms with Crippen LogP contribution in [0.15, 0.2) is 12.3 Å². The van der Waals surface area contributed by atoms with Crippen molar-refractivity contribution in [2.45, 2.75) is 52.1 Å². The van der Waals surface area contributed by atoms with E-state index < -0.39 is 0 Å². The van der Waals surface area contributed by atoms with E-state index in [4.69, 9.17) is 5.10 Å². The molecule has 114 valence electrons. The molecule has 0 aliphatic carbocycles. The Morgan fingerprint density at radius 1 is 1.30 bits per heavy atom. The Bertz CT molecular complexity index is 376. The predicted octanol–water partition coefficient (Wildman–Crippen LogP) is 2.68. The van der Waals surface area contributed by atoms with Crippen LogP contribution in [0, 0.1) is 5.92 Å². The minimum absolute atomic E-state index is 0.560. The molecule has 0 aromatic carbocycles. The monoisotopic (exact) mass is 278 g/mol. The van der Waals surface area contributed by atoms with Gasteiger partial charge in [-0.15, -0.1) is 0 Å². The third kappa shape index (κ3) is 4.06. The maximum Gasteiger partial charge on any atom is 0.0764 e. The smallest absolute Gasteiger partial charge is 0.0764 e. The molecule has 0 spiro atoms. The lowest BCUT2D eigenvalue weighted by Gasteiger charge is -2.31. The van der Waals surface area contributed by atoms with Gasteiger partial charge in [0.05, 0.1) is 11.7 Å². The van der Waals surface area contributed by atoms with Gasteiger partial charge in [-0.2, -0.15) is 5.10 Å². The lowest BCUT2D eigenvalue weighted by molar-refractivity contribution is 0.174. The van der Waals surface area contributed by atoms with Gasteiger partial charge in [-0.1, -0.05) is 13.8 Å². The lowest BCUT2D eigenvalue weighted by atomic mass is 9.97. The molecule has 0 amide bonds. The van der Waals surface area contributed by atoms with Crippen LogP contribution in [-0.2, 0) is 6.54 Å². The second kappa shape index (κ2) is 7.79. The molecule has 2 rings (SSSR count). The van der Waals surface area contributed by atoms with Gasteiger partial charge in [0.1, 0.15) is 0 Å². The third-order valence-electron chi connectivity index (χ3n) is 4.57. The van der Waals surface area contributed by atoms with Gasteiger partial charge in [0.15, 0.2) is 0 Å². The van der Waals surface area contributed by atoms with E-state index in [0.29, 0.717) is 6.04 Å². The molecule has 0 bridgehead atoms. The van der Waals surface area contributed by atoms with Gasteiger partial charge < -0.3 is 5.32 Å². The summed E-state index contributed by atoms with van der Waals surface area (Å²) in [6.45, 7) is 9.08. The van der Waals surface area contributed by atoms with Crippen LogP contribution in [0.3, 0.4) is 0 Å². The van der Waals surface area contributed by atoms with E-state index in [-0.39, 0.29) is 0 Å². The van der Waals surface area contributed by atoms with Gasteiger partial charge in [-0.3, -0.25) is 9.58 Å². The number of piperidine rings is 1. The Morgan fingerprint density at radius 3 is 2.60 bits per heavy atom. The summed E-state index contributed by atoms with van der Waals surface area (Å²) in [7, 11) is 2.05. The molecule has 1 aliphatic rings. The van der Waals surface area contributed by atoms with Crippen molar-refractivity contribution in [1.82, 2.24) is 20.0 Å². The van der Waals surface area contributed by atoms with Crippen LogP contribution >= 0.6 is 0 Å². The largest absolute Gasteiger partial charge is 0.319 e. The van der Waals surface area contributed by atoms with Gasteiger partial charge in [0, 0.05) is 12.7 Å². The minimum Gasteiger partial charge on any atom is -0.319 e. The van der Waals surface area contributed by atoms with E-state index in [9.17, 15) is 0 Å². The molecular formula is C16H30N4. The average molecular weight is 278 g/mol. The molecule has 0 atom stereocenters. The Kier molecular flexibility index (Phi) is 6.05. The fourth-order valence-corrected chi connectivity index (χ4v) is 3.19. The highest BCUT2D eigenvalue weighted by Crippen LogP contribution is 2.19.